The third-order valence-electron chi connectivity index (χ3n) is 4.29. The van der Waals surface area contributed by atoms with Gasteiger partial charge in [0, 0.05) is 28.5 Å². The molecule has 6 heteroatoms. The summed E-state index contributed by atoms with van der Waals surface area (Å²) in [5, 5.41) is 22.4. The molecule has 0 aliphatic rings. The molecule has 0 aromatic heterocycles. The second-order valence-electron chi connectivity index (χ2n) is 6.57. The first-order valence-electron chi connectivity index (χ1n) is 9.23. The van der Waals surface area contributed by atoms with Gasteiger partial charge in [0.2, 0.25) is 0 Å². The summed E-state index contributed by atoms with van der Waals surface area (Å²) in [5.41, 5.74) is 12.3. The fourth-order valence-electron chi connectivity index (χ4n) is 2.84. The standard InChI is InChI=1S/C23H24N6/c1-16(25)18-6-3-8-20(12-18)27-22-10-5-11-23(14-22)28-21-9-4-7-19(13-21)17(2)29-26-15-24/h3-15,25,27-28H,1-2H3,(H2,24,26)/b25-16?,29-17+. The van der Waals surface area contributed by atoms with Crippen LogP contribution < -0.4 is 16.4 Å². The molecule has 3 rings (SSSR count). The van der Waals surface area contributed by atoms with Crippen molar-refractivity contribution in [2.75, 3.05) is 10.6 Å². The lowest BCUT2D eigenvalue weighted by Crippen LogP contribution is -1.98. The number of hydrogen-bond acceptors (Lipinski definition) is 5. The summed E-state index contributed by atoms with van der Waals surface area (Å²) in [6.07, 6.45) is 1.17. The zero-order valence-corrected chi connectivity index (χ0v) is 16.5. The van der Waals surface area contributed by atoms with Crippen LogP contribution in [0.1, 0.15) is 25.0 Å². The average Bonchev–Trinajstić information content (AvgIpc) is 2.72. The van der Waals surface area contributed by atoms with Crippen LogP contribution in [0.2, 0.25) is 0 Å². The van der Waals surface area contributed by atoms with Crippen molar-refractivity contribution in [3.05, 3.63) is 83.9 Å². The maximum atomic E-state index is 7.80. The lowest BCUT2D eigenvalue weighted by Gasteiger charge is -2.12. The number of nitrogens with two attached hydrogens (primary N) is 1. The van der Waals surface area contributed by atoms with Crippen molar-refractivity contribution in [2.45, 2.75) is 13.8 Å². The number of hydrogen-bond donors (Lipinski definition) is 4. The van der Waals surface area contributed by atoms with E-state index in [-0.39, 0.29) is 0 Å². The second kappa shape index (κ2) is 9.32. The van der Waals surface area contributed by atoms with E-state index < -0.39 is 0 Å². The summed E-state index contributed by atoms with van der Waals surface area (Å²) in [7, 11) is 0. The smallest absolute Gasteiger partial charge is 0.108 e. The van der Waals surface area contributed by atoms with Crippen LogP contribution in [0, 0.1) is 5.41 Å². The van der Waals surface area contributed by atoms with Gasteiger partial charge in [0.15, 0.2) is 0 Å². The Morgan fingerprint density at radius 3 is 1.83 bits per heavy atom. The monoisotopic (exact) mass is 384 g/mol. The lowest BCUT2D eigenvalue weighted by molar-refractivity contribution is 1.23. The van der Waals surface area contributed by atoms with E-state index in [2.05, 4.69) is 20.8 Å². The van der Waals surface area contributed by atoms with Gasteiger partial charge in [-0.15, -0.1) is 5.10 Å². The van der Waals surface area contributed by atoms with E-state index in [0.29, 0.717) is 5.71 Å². The molecule has 146 valence electrons. The van der Waals surface area contributed by atoms with Gasteiger partial charge >= 0.3 is 0 Å². The van der Waals surface area contributed by atoms with Crippen LogP contribution in [0.4, 0.5) is 22.7 Å². The third kappa shape index (κ3) is 5.52. The molecule has 0 saturated heterocycles. The first-order chi connectivity index (χ1) is 14.0. The SMILES string of the molecule is CC(=N)c1cccc(Nc2cccc(Nc3cccc(/C(C)=N/N=C\N)c3)c2)c1. The van der Waals surface area contributed by atoms with Gasteiger partial charge in [-0.05, 0) is 67.4 Å². The largest absolute Gasteiger partial charge is 0.388 e. The van der Waals surface area contributed by atoms with Crippen molar-refractivity contribution in [1.29, 1.82) is 5.41 Å². The van der Waals surface area contributed by atoms with Gasteiger partial charge in [-0.2, -0.15) is 5.10 Å². The van der Waals surface area contributed by atoms with Gasteiger partial charge in [0.05, 0.1) is 5.71 Å². The predicted molar refractivity (Wildman–Crippen MR) is 123 cm³/mol. The number of rotatable bonds is 7. The molecule has 0 atom stereocenters. The van der Waals surface area contributed by atoms with Crippen LogP contribution in [0.3, 0.4) is 0 Å². The van der Waals surface area contributed by atoms with Gasteiger partial charge in [-0.1, -0.05) is 30.3 Å². The summed E-state index contributed by atoms with van der Waals surface area (Å²) in [6, 6.07) is 23.8. The Bertz CT molecular complexity index is 1070. The van der Waals surface area contributed by atoms with Gasteiger partial charge < -0.3 is 21.8 Å². The van der Waals surface area contributed by atoms with Crippen LogP contribution in [-0.2, 0) is 0 Å². The normalized spacial score (nSPS) is 11.4. The molecule has 3 aromatic rings. The topological polar surface area (TPSA) is 98.6 Å². The Balaban J connectivity index is 1.77. The first-order valence-corrected chi connectivity index (χ1v) is 9.23. The van der Waals surface area contributed by atoms with Gasteiger partial charge in [-0.25, -0.2) is 0 Å². The van der Waals surface area contributed by atoms with Crippen molar-refractivity contribution in [1.82, 2.24) is 0 Å². The molecule has 29 heavy (non-hydrogen) atoms. The fourth-order valence-corrected chi connectivity index (χ4v) is 2.84. The number of nitrogens with one attached hydrogen (secondary N) is 3. The number of anilines is 4. The number of benzene rings is 3. The van der Waals surface area contributed by atoms with Crippen molar-refractivity contribution in [3.63, 3.8) is 0 Å². The minimum Gasteiger partial charge on any atom is -0.388 e. The van der Waals surface area contributed by atoms with E-state index in [9.17, 15) is 0 Å². The van der Waals surface area contributed by atoms with Crippen molar-refractivity contribution >= 4 is 40.5 Å². The van der Waals surface area contributed by atoms with Crippen LogP contribution in [0.25, 0.3) is 0 Å². The second-order valence-corrected chi connectivity index (χ2v) is 6.57. The van der Waals surface area contributed by atoms with E-state index in [1.54, 1.807) is 6.92 Å². The van der Waals surface area contributed by atoms with E-state index in [1.807, 2.05) is 79.7 Å². The van der Waals surface area contributed by atoms with Crippen LogP contribution >= 0.6 is 0 Å². The molecule has 0 unspecified atom stereocenters. The van der Waals surface area contributed by atoms with E-state index in [4.69, 9.17) is 11.1 Å². The maximum absolute atomic E-state index is 7.80. The predicted octanol–water partition coefficient (Wildman–Crippen LogP) is 5.27. The molecule has 0 fully saturated rings. The molecule has 3 aromatic carbocycles. The highest BCUT2D eigenvalue weighted by atomic mass is 15.2. The van der Waals surface area contributed by atoms with Crippen LogP contribution in [-0.4, -0.2) is 17.8 Å². The van der Waals surface area contributed by atoms with Gasteiger partial charge in [0.1, 0.15) is 6.34 Å². The molecular weight excluding hydrogens is 360 g/mol. The summed E-state index contributed by atoms with van der Waals surface area (Å²) >= 11 is 0. The van der Waals surface area contributed by atoms with Gasteiger partial charge in [0.25, 0.3) is 0 Å². The zero-order chi connectivity index (χ0) is 20.6. The highest BCUT2D eigenvalue weighted by molar-refractivity contribution is 5.99. The average molecular weight is 384 g/mol. The van der Waals surface area contributed by atoms with Gasteiger partial charge in [-0.3, -0.25) is 0 Å². The van der Waals surface area contributed by atoms with Crippen LogP contribution in [0.15, 0.2) is 83.0 Å². The summed E-state index contributed by atoms with van der Waals surface area (Å²) < 4.78 is 0. The van der Waals surface area contributed by atoms with E-state index in [1.165, 1.54) is 6.34 Å². The molecule has 0 amide bonds. The molecule has 0 spiro atoms. The number of nitrogens with zero attached hydrogens (tertiary/aromatic N) is 2. The minimum absolute atomic E-state index is 0.542. The lowest BCUT2D eigenvalue weighted by atomic mass is 10.1. The van der Waals surface area contributed by atoms with Crippen molar-refractivity contribution < 1.29 is 0 Å². The molecular formula is C23H24N6. The Morgan fingerprint density at radius 2 is 1.28 bits per heavy atom. The highest BCUT2D eigenvalue weighted by Crippen LogP contribution is 2.24. The van der Waals surface area contributed by atoms with E-state index >= 15 is 0 Å². The summed E-state index contributed by atoms with van der Waals surface area (Å²) in [5.74, 6) is 0. The summed E-state index contributed by atoms with van der Waals surface area (Å²) in [4.78, 5) is 0. The highest BCUT2D eigenvalue weighted by Gasteiger charge is 2.03. The molecule has 0 heterocycles. The molecule has 0 saturated carbocycles. The fraction of sp³-hybridized carbons (Fsp3) is 0.0870. The Kier molecular flexibility index (Phi) is 6.37. The van der Waals surface area contributed by atoms with E-state index in [0.717, 1.165) is 39.6 Å². The quantitative estimate of drug-likeness (QED) is 0.254. The minimum atomic E-state index is 0.542. The van der Waals surface area contributed by atoms with Crippen molar-refractivity contribution in [3.8, 4) is 0 Å². The molecule has 0 radical (unpaired) electrons. The Labute approximate surface area is 170 Å². The Hall–Kier alpha value is -3.93. The molecule has 0 aliphatic heterocycles. The maximum Gasteiger partial charge on any atom is 0.108 e. The zero-order valence-electron chi connectivity index (χ0n) is 16.5. The molecule has 0 bridgehead atoms. The summed E-state index contributed by atoms with van der Waals surface area (Å²) in [6.45, 7) is 3.67. The molecule has 5 N–H and O–H groups in total. The first kappa shape index (κ1) is 19.8. The Morgan fingerprint density at radius 1 is 0.793 bits per heavy atom. The molecule has 6 nitrogen and oxygen atoms in total. The third-order valence-corrected chi connectivity index (χ3v) is 4.29. The molecule has 0 aliphatic carbocycles. The van der Waals surface area contributed by atoms with Crippen molar-refractivity contribution in [2.24, 2.45) is 15.9 Å². The van der Waals surface area contributed by atoms with Crippen LogP contribution in [0.5, 0.6) is 0 Å².